The van der Waals surface area contributed by atoms with Gasteiger partial charge in [0.05, 0.1) is 19.9 Å². The molecule has 0 spiro atoms. The number of benzene rings is 1. The molecule has 8 heteroatoms. The maximum atomic E-state index is 8.91. The van der Waals surface area contributed by atoms with Gasteiger partial charge in [-0.3, -0.25) is 4.57 Å². The molecule has 8 nitrogen and oxygen atoms in total. The molecule has 0 aliphatic carbocycles. The first-order valence-corrected chi connectivity index (χ1v) is 8.20. The van der Waals surface area contributed by atoms with Crippen molar-refractivity contribution < 1.29 is 9.84 Å². The highest BCUT2D eigenvalue weighted by Crippen LogP contribution is 2.20. The summed E-state index contributed by atoms with van der Waals surface area (Å²) in [5, 5.41) is 15.2. The van der Waals surface area contributed by atoms with Gasteiger partial charge in [0.2, 0.25) is 11.9 Å². The molecule has 0 saturated carbocycles. The number of aliphatic hydroxyl groups excluding tert-OH is 1. The Kier molecular flexibility index (Phi) is 5.30. The van der Waals surface area contributed by atoms with Gasteiger partial charge >= 0.3 is 0 Å². The normalized spacial score (nSPS) is 10.8. The number of nitrogens with zero attached hydrogens (tertiary/aromatic N) is 4. The van der Waals surface area contributed by atoms with Crippen molar-refractivity contribution in [3.63, 3.8) is 0 Å². The second-order valence-corrected chi connectivity index (χ2v) is 5.44. The lowest BCUT2D eigenvalue weighted by Crippen LogP contribution is -2.10. The second-order valence-electron chi connectivity index (χ2n) is 5.44. The summed E-state index contributed by atoms with van der Waals surface area (Å²) in [5.41, 5.74) is 2.58. The third-order valence-corrected chi connectivity index (χ3v) is 3.78. The summed E-state index contributed by atoms with van der Waals surface area (Å²) in [4.78, 5) is 13.3. The Labute approximate surface area is 145 Å². The fraction of sp³-hybridized carbons (Fsp3) is 0.353. The number of nitrogens with one attached hydrogen (secondary N) is 2. The molecule has 0 amide bonds. The Morgan fingerprint density at radius 1 is 1.24 bits per heavy atom. The summed E-state index contributed by atoms with van der Waals surface area (Å²) in [7, 11) is 1.66. The summed E-state index contributed by atoms with van der Waals surface area (Å²) >= 11 is 0. The molecule has 0 fully saturated rings. The first-order valence-electron chi connectivity index (χ1n) is 8.20. The summed E-state index contributed by atoms with van der Waals surface area (Å²) in [5.74, 6) is 2.05. The van der Waals surface area contributed by atoms with Crippen molar-refractivity contribution in [2.45, 2.75) is 20.0 Å². The number of fused-ring (bicyclic) bond motifs is 1. The van der Waals surface area contributed by atoms with Gasteiger partial charge in [-0.15, -0.1) is 0 Å². The van der Waals surface area contributed by atoms with Crippen molar-refractivity contribution in [3.05, 3.63) is 36.0 Å². The van der Waals surface area contributed by atoms with E-state index in [1.807, 2.05) is 35.8 Å². The largest absolute Gasteiger partial charge is 0.497 e. The number of hydrogen-bond acceptors (Lipinski definition) is 7. The maximum Gasteiger partial charge on any atom is 0.224 e. The Hall–Kier alpha value is -2.87. The fourth-order valence-electron chi connectivity index (χ4n) is 2.57. The zero-order valence-corrected chi connectivity index (χ0v) is 14.4. The standard InChI is InChI=1S/C17H22N6O2/c1-3-23-15-14(11-19-16(22-15)18-7-8-24)21-17(23)20-10-12-5-4-6-13(9-12)25-2/h4-6,9,11,24H,3,7-8,10H2,1-2H3,(H,20,21)(H,18,19,22). The average Bonchev–Trinajstić information content (AvgIpc) is 3.01. The predicted octanol–water partition coefficient (Wildman–Crippen LogP) is 1.87. The van der Waals surface area contributed by atoms with Gasteiger partial charge in [-0.2, -0.15) is 4.98 Å². The number of imidazole rings is 1. The van der Waals surface area contributed by atoms with Gasteiger partial charge in [0, 0.05) is 19.6 Å². The Balaban J connectivity index is 1.82. The van der Waals surface area contributed by atoms with Gasteiger partial charge in [0.25, 0.3) is 0 Å². The number of anilines is 2. The van der Waals surface area contributed by atoms with Gasteiger partial charge in [-0.25, -0.2) is 9.97 Å². The molecule has 3 aromatic rings. The second kappa shape index (κ2) is 7.80. The van der Waals surface area contributed by atoms with Gasteiger partial charge < -0.3 is 20.5 Å². The highest BCUT2D eigenvalue weighted by atomic mass is 16.5. The van der Waals surface area contributed by atoms with Crippen LogP contribution in [0.2, 0.25) is 0 Å². The van der Waals surface area contributed by atoms with E-state index in [9.17, 15) is 0 Å². The van der Waals surface area contributed by atoms with Crippen molar-refractivity contribution in [1.82, 2.24) is 19.5 Å². The van der Waals surface area contributed by atoms with Crippen LogP contribution in [0.5, 0.6) is 5.75 Å². The van der Waals surface area contributed by atoms with Crippen LogP contribution in [0.1, 0.15) is 12.5 Å². The molecule has 0 saturated heterocycles. The fourth-order valence-corrected chi connectivity index (χ4v) is 2.57. The third kappa shape index (κ3) is 3.80. The monoisotopic (exact) mass is 342 g/mol. The smallest absolute Gasteiger partial charge is 0.224 e. The number of ether oxygens (including phenoxy) is 1. The van der Waals surface area contributed by atoms with E-state index >= 15 is 0 Å². The van der Waals surface area contributed by atoms with Crippen molar-refractivity contribution in [2.24, 2.45) is 0 Å². The van der Waals surface area contributed by atoms with E-state index in [1.165, 1.54) is 0 Å². The molecule has 0 radical (unpaired) electrons. The van der Waals surface area contributed by atoms with E-state index in [0.29, 0.717) is 19.0 Å². The number of aromatic nitrogens is 4. The molecule has 1 aromatic carbocycles. The zero-order valence-electron chi connectivity index (χ0n) is 14.4. The molecular weight excluding hydrogens is 320 g/mol. The van der Waals surface area contributed by atoms with Crippen LogP contribution in [-0.4, -0.2) is 44.9 Å². The lowest BCUT2D eigenvalue weighted by molar-refractivity contribution is 0.311. The molecular formula is C17H22N6O2. The number of rotatable bonds is 8. The van der Waals surface area contributed by atoms with Crippen LogP contribution in [-0.2, 0) is 13.1 Å². The Morgan fingerprint density at radius 3 is 2.88 bits per heavy atom. The highest BCUT2D eigenvalue weighted by Gasteiger charge is 2.12. The predicted molar refractivity (Wildman–Crippen MR) is 96.9 cm³/mol. The maximum absolute atomic E-state index is 8.91. The van der Waals surface area contributed by atoms with Crippen LogP contribution >= 0.6 is 0 Å². The molecule has 3 rings (SSSR count). The Bertz CT molecular complexity index is 848. The minimum absolute atomic E-state index is 0.0295. The minimum atomic E-state index is 0.0295. The first kappa shape index (κ1) is 17.0. The number of aliphatic hydroxyl groups is 1. The van der Waals surface area contributed by atoms with E-state index in [4.69, 9.17) is 9.84 Å². The highest BCUT2D eigenvalue weighted by molar-refractivity contribution is 5.74. The topological polar surface area (TPSA) is 97.1 Å². The molecule has 3 N–H and O–H groups in total. The number of methoxy groups -OCH3 is 1. The molecule has 0 unspecified atom stereocenters. The summed E-state index contributed by atoms with van der Waals surface area (Å²) in [6, 6.07) is 7.90. The van der Waals surface area contributed by atoms with Crippen LogP contribution in [0, 0.1) is 0 Å². The van der Waals surface area contributed by atoms with Crippen molar-refractivity contribution in [3.8, 4) is 5.75 Å². The van der Waals surface area contributed by atoms with E-state index in [1.54, 1.807) is 13.3 Å². The van der Waals surface area contributed by atoms with Crippen LogP contribution in [0.4, 0.5) is 11.9 Å². The average molecular weight is 342 g/mol. The van der Waals surface area contributed by atoms with E-state index in [0.717, 1.165) is 35.0 Å². The number of hydrogen-bond donors (Lipinski definition) is 3. The lowest BCUT2D eigenvalue weighted by Gasteiger charge is -2.09. The van der Waals surface area contributed by atoms with Gasteiger partial charge in [-0.1, -0.05) is 12.1 Å². The summed E-state index contributed by atoms with van der Waals surface area (Å²) in [6.07, 6.45) is 1.69. The van der Waals surface area contributed by atoms with Crippen molar-refractivity contribution in [2.75, 3.05) is 30.9 Å². The molecule has 132 valence electrons. The molecule has 0 aliphatic rings. The summed E-state index contributed by atoms with van der Waals surface area (Å²) in [6.45, 7) is 3.84. The van der Waals surface area contributed by atoms with Crippen LogP contribution in [0.3, 0.4) is 0 Å². The molecule has 25 heavy (non-hydrogen) atoms. The summed E-state index contributed by atoms with van der Waals surface area (Å²) < 4.78 is 7.25. The molecule has 2 aromatic heterocycles. The van der Waals surface area contributed by atoms with Gasteiger partial charge in [0.15, 0.2) is 5.65 Å². The van der Waals surface area contributed by atoms with Crippen LogP contribution in [0.15, 0.2) is 30.5 Å². The van der Waals surface area contributed by atoms with Crippen LogP contribution < -0.4 is 15.4 Å². The first-order chi connectivity index (χ1) is 12.2. The van der Waals surface area contributed by atoms with Crippen molar-refractivity contribution >= 4 is 23.1 Å². The van der Waals surface area contributed by atoms with Crippen molar-refractivity contribution in [1.29, 1.82) is 0 Å². The quantitative estimate of drug-likeness (QED) is 0.575. The zero-order chi connectivity index (χ0) is 17.6. The molecule has 0 bridgehead atoms. The van der Waals surface area contributed by atoms with Gasteiger partial charge in [0.1, 0.15) is 11.3 Å². The molecule has 2 heterocycles. The SMILES string of the molecule is CCn1c(NCc2cccc(OC)c2)nc2cnc(NCCO)nc21. The Morgan fingerprint density at radius 2 is 2.12 bits per heavy atom. The molecule has 0 aliphatic heterocycles. The van der Waals surface area contributed by atoms with E-state index < -0.39 is 0 Å². The lowest BCUT2D eigenvalue weighted by atomic mass is 10.2. The molecule has 0 atom stereocenters. The van der Waals surface area contributed by atoms with Gasteiger partial charge in [-0.05, 0) is 24.6 Å². The third-order valence-electron chi connectivity index (χ3n) is 3.78. The van der Waals surface area contributed by atoms with E-state index in [-0.39, 0.29) is 6.61 Å². The number of aryl methyl sites for hydroxylation is 1. The minimum Gasteiger partial charge on any atom is -0.497 e. The van der Waals surface area contributed by atoms with Crippen LogP contribution in [0.25, 0.3) is 11.2 Å². The van der Waals surface area contributed by atoms with E-state index in [2.05, 4.69) is 25.6 Å².